The van der Waals surface area contributed by atoms with Crippen LogP contribution in [0.15, 0.2) is 70.0 Å². The lowest BCUT2D eigenvalue weighted by Crippen LogP contribution is -2.40. The minimum absolute atomic E-state index is 0.00276. The zero-order valence-corrected chi connectivity index (χ0v) is 23.8. The van der Waals surface area contributed by atoms with Gasteiger partial charge in [-0.1, -0.05) is 37.3 Å². The molecule has 40 heavy (non-hydrogen) atoms. The van der Waals surface area contributed by atoms with E-state index in [9.17, 15) is 26.0 Å². The summed E-state index contributed by atoms with van der Waals surface area (Å²) in [7, 11) is -6.41. The molecule has 0 unspecified atom stereocenters. The Morgan fingerprint density at radius 1 is 1.02 bits per heavy atom. The maximum Gasteiger partial charge on any atom is 0.252 e. The number of carbonyl (C=O) groups excluding carboxylic acids is 1. The van der Waals surface area contributed by atoms with Gasteiger partial charge in [0.1, 0.15) is 17.4 Å². The fourth-order valence-electron chi connectivity index (χ4n) is 4.31. The number of hydrogen-bond donors (Lipinski definition) is 1. The number of furan rings is 1. The van der Waals surface area contributed by atoms with Crippen molar-refractivity contribution < 1.29 is 30.4 Å². The highest BCUT2D eigenvalue weighted by molar-refractivity contribution is 7.92. The SMILES string of the molecule is CCc1cc2c(C(N)=O)c(Cc3ccc(F)cc3)oc2nc1N(CCN(C)S(=O)(=O)c1ccccc1)S(C)(=O)=O. The molecule has 0 saturated heterocycles. The molecule has 0 fully saturated rings. The number of hydrogen-bond acceptors (Lipinski definition) is 7. The van der Waals surface area contributed by atoms with Gasteiger partial charge in [0.25, 0.3) is 5.91 Å². The maximum absolute atomic E-state index is 13.4. The van der Waals surface area contributed by atoms with E-state index in [0.29, 0.717) is 22.9 Å². The molecule has 2 aromatic heterocycles. The van der Waals surface area contributed by atoms with Crippen LogP contribution in [0.4, 0.5) is 10.2 Å². The lowest BCUT2D eigenvalue weighted by atomic mass is 10.0. The van der Waals surface area contributed by atoms with E-state index in [4.69, 9.17) is 10.2 Å². The van der Waals surface area contributed by atoms with Crippen molar-refractivity contribution in [1.82, 2.24) is 9.29 Å². The molecule has 13 heteroatoms. The molecular weight excluding hydrogens is 559 g/mol. The number of primary amides is 1. The smallest absolute Gasteiger partial charge is 0.252 e. The van der Waals surface area contributed by atoms with Crippen LogP contribution in [-0.4, -0.2) is 58.4 Å². The summed E-state index contributed by atoms with van der Waals surface area (Å²) in [6.07, 6.45) is 1.48. The lowest BCUT2D eigenvalue weighted by molar-refractivity contribution is 0.1000. The van der Waals surface area contributed by atoms with Gasteiger partial charge in [-0.25, -0.2) is 21.2 Å². The zero-order valence-electron chi connectivity index (χ0n) is 22.2. The number of anilines is 1. The summed E-state index contributed by atoms with van der Waals surface area (Å²) in [5.74, 6) is -0.896. The van der Waals surface area contributed by atoms with Crippen LogP contribution in [0.2, 0.25) is 0 Å². The third-order valence-electron chi connectivity index (χ3n) is 6.42. The van der Waals surface area contributed by atoms with Crippen LogP contribution in [0, 0.1) is 5.82 Å². The third-order valence-corrected chi connectivity index (χ3v) is 9.45. The molecule has 0 atom stereocenters. The molecule has 212 valence electrons. The highest BCUT2D eigenvalue weighted by Gasteiger charge is 2.28. The Morgan fingerprint density at radius 3 is 2.25 bits per heavy atom. The number of rotatable bonds is 11. The van der Waals surface area contributed by atoms with Gasteiger partial charge in [-0.15, -0.1) is 0 Å². The van der Waals surface area contributed by atoms with E-state index >= 15 is 0 Å². The van der Waals surface area contributed by atoms with Gasteiger partial charge in [-0.3, -0.25) is 9.10 Å². The average molecular weight is 589 g/mol. The van der Waals surface area contributed by atoms with Crippen LogP contribution in [0.3, 0.4) is 0 Å². The summed E-state index contributed by atoms with van der Waals surface area (Å²) in [6.45, 7) is 1.41. The average Bonchev–Trinajstić information content (AvgIpc) is 3.26. The second-order valence-electron chi connectivity index (χ2n) is 9.22. The normalized spacial score (nSPS) is 12.2. The van der Waals surface area contributed by atoms with Gasteiger partial charge in [0.15, 0.2) is 0 Å². The third kappa shape index (κ3) is 6.01. The Kier molecular flexibility index (Phi) is 8.28. The molecule has 0 aliphatic rings. The van der Waals surface area contributed by atoms with Crippen molar-refractivity contribution in [3.8, 4) is 0 Å². The minimum atomic E-state index is -3.92. The number of nitrogens with two attached hydrogens (primary N) is 1. The number of sulfonamides is 2. The first-order valence-electron chi connectivity index (χ1n) is 12.3. The Hall–Kier alpha value is -3.81. The Labute approximate surface area is 232 Å². The predicted molar refractivity (Wildman–Crippen MR) is 150 cm³/mol. The number of pyridine rings is 1. The number of benzene rings is 2. The molecule has 0 spiro atoms. The van der Waals surface area contributed by atoms with Crippen LogP contribution >= 0.6 is 0 Å². The van der Waals surface area contributed by atoms with E-state index in [2.05, 4.69) is 4.98 Å². The molecule has 0 saturated carbocycles. The van der Waals surface area contributed by atoms with Gasteiger partial charge in [-0.05, 0) is 47.9 Å². The van der Waals surface area contributed by atoms with Crippen LogP contribution in [0.1, 0.15) is 34.2 Å². The molecule has 2 heterocycles. The lowest BCUT2D eigenvalue weighted by Gasteiger charge is -2.26. The molecule has 0 radical (unpaired) electrons. The van der Waals surface area contributed by atoms with Crippen LogP contribution in [-0.2, 0) is 32.9 Å². The van der Waals surface area contributed by atoms with Gasteiger partial charge in [0.05, 0.1) is 22.1 Å². The number of nitrogens with zero attached hydrogens (tertiary/aromatic N) is 3. The number of aromatic nitrogens is 1. The molecule has 0 aliphatic carbocycles. The van der Waals surface area contributed by atoms with E-state index < -0.39 is 31.8 Å². The van der Waals surface area contributed by atoms with Gasteiger partial charge in [0, 0.05) is 26.6 Å². The zero-order chi connectivity index (χ0) is 29.2. The molecule has 0 aliphatic heterocycles. The fraction of sp³-hybridized carbons (Fsp3) is 0.259. The Bertz CT molecular complexity index is 1760. The standard InChI is InChI=1S/C27H29FN4O6S2/c1-4-19-17-22-24(25(29)33)23(16-18-10-12-20(28)13-11-18)38-27(22)30-26(19)32(39(3,34)35)15-14-31(2)40(36,37)21-8-6-5-7-9-21/h5-13,17H,4,14-16H2,1-3H3,(H2,29,33). The second kappa shape index (κ2) is 11.4. The van der Waals surface area contributed by atoms with Crippen LogP contribution in [0.25, 0.3) is 11.1 Å². The van der Waals surface area contributed by atoms with Crippen molar-refractivity contribution in [3.05, 3.63) is 88.9 Å². The predicted octanol–water partition coefficient (Wildman–Crippen LogP) is 3.31. The number of likely N-dealkylation sites (N-methyl/N-ethyl adjacent to an activating group) is 1. The number of aryl methyl sites for hydroxylation is 1. The quantitative estimate of drug-likeness (QED) is 0.283. The topological polar surface area (TPSA) is 144 Å². The summed E-state index contributed by atoms with van der Waals surface area (Å²) in [6, 6.07) is 15.1. The summed E-state index contributed by atoms with van der Waals surface area (Å²) in [5.41, 5.74) is 6.93. The second-order valence-corrected chi connectivity index (χ2v) is 13.2. The van der Waals surface area contributed by atoms with E-state index in [1.54, 1.807) is 43.3 Å². The summed E-state index contributed by atoms with van der Waals surface area (Å²) < 4.78 is 73.1. The monoisotopic (exact) mass is 588 g/mol. The number of fused-ring (bicyclic) bond motifs is 1. The van der Waals surface area contributed by atoms with Crippen molar-refractivity contribution in [2.45, 2.75) is 24.7 Å². The van der Waals surface area contributed by atoms with Crippen LogP contribution in [0.5, 0.6) is 0 Å². The van der Waals surface area contributed by atoms with Gasteiger partial charge in [0.2, 0.25) is 25.8 Å². The molecule has 1 amide bonds. The highest BCUT2D eigenvalue weighted by Crippen LogP contribution is 2.32. The van der Waals surface area contributed by atoms with Crippen molar-refractivity contribution in [3.63, 3.8) is 0 Å². The first kappa shape index (κ1) is 29.2. The maximum atomic E-state index is 13.4. The van der Waals surface area contributed by atoms with Crippen molar-refractivity contribution in [2.75, 3.05) is 30.7 Å². The molecule has 2 aromatic carbocycles. The summed E-state index contributed by atoms with van der Waals surface area (Å²) in [5, 5.41) is 0.322. The molecule has 2 N–H and O–H groups in total. The summed E-state index contributed by atoms with van der Waals surface area (Å²) >= 11 is 0. The Morgan fingerprint density at radius 2 is 1.68 bits per heavy atom. The van der Waals surface area contributed by atoms with E-state index in [-0.39, 0.29) is 47.3 Å². The van der Waals surface area contributed by atoms with Crippen LogP contribution < -0.4 is 10.0 Å². The molecular formula is C27H29FN4O6S2. The minimum Gasteiger partial charge on any atom is -0.441 e. The molecule has 4 rings (SSSR count). The first-order chi connectivity index (χ1) is 18.8. The van der Waals surface area contributed by atoms with E-state index in [1.807, 2.05) is 0 Å². The summed E-state index contributed by atoms with van der Waals surface area (Å²) in [4.78, 5) is 17.0. The highest BCUT2D eigenvalue weighted by atomic mass is 32.2. The van der Waals surface area contributed by atoms with Crippen molar-refractivity contribution >= 4 is 42.9 Å². The number of carbonyl (C=O) groups is 1. The Balaban J connectivity index is 1.74. The number of amides is 1. The van der Waals surface area contributed by atoms with Gasteiger partial charge in [-0.2, -0.15) is 9.29 Å². The van der Waals surface area contributed by atoms with E-state index in [0.717, 1.165) is 14.9 Å². The molecule has 4 aromatic rings. The first-order valence-corrected chi connectivity index (χ1v) is 15.6. The molecule has 0 bridgehead atoms. The largest absolute Gasteiger partial charge is 0.441 e. The molecule has 10 nitrogen and oxygen atoms in total. The van der Waals surface area contributed by atoms with Gasteiger partial charge < -0.3 is 10.2 Å². The number of halogens is 1. The van der Waals surface area contributed by atoms with Crippen molar-refractivity contribution in [2.24, 2.45) is 5.73 Å². The van der Waals surface area contributed by atoms with Gasteiger partial charge >= 0.3 is 0 Å². The fourth-order valence-corrected chi connectivity index (χ4v) is 6.38. The van der Waals surface area contributed by atoms with Crippen molar-refractivity contribution in [1.29, 1.82) is 0 Å². The van der Waals surface area contributed by atoms with E-state index in [1.165, 1.54) is 31.3 Å².